The third kappa shape index (κ3) is 3.97. The van der Waals surface area contributed by atoms with Crippen molar-refractivity contribution in [2.75, 3.05) is 10.6 Å². The van der Waals surface area contributed by atoms with Crippen molar-refractivity contribution in [3.05, 3.63) is 35.0 Å². The van der Waals surface area contributed by atoms with Gasteiger partial charge in [0.15, 0.2) is 5.82 Å². The van der Waals surface area contributed by atoms with Crippen LogP contribution in [0.25, 0.3) is 0 Å². The van der Waals surface area contributed by atoms with Gasteiger partial charge in [0.05, 0.1) is 6.20 Å². The van der Waals surface area contributed by atoms with Crippen LogP contribution in [-0.2, 0) is 0 Å². The second-order valence-electron chi connectivity index (χ2n) is 6.54. The van der Waals surface area contributed by atoms with Crippen LogP contribution < -0.4 is 10.6 Å². The summed E-state index contributed by atoms with van der Waals surface area (Å²) in [5, 5.41) is 15.0. The zero-order valence-corrected chi connectivity index (χ0v) is 14.2. The fourth-order valence-corrected chi connectivity index (χ4v) is 3.37. The van der Waals surface area contributed by atoms with Crippen LogP contribution in [0.5, 0.6) is 0 Å². The molecule has 1 aliphatic rings. The number of nitrogens with one attached hydrogen (secondary N) is 2. The minimum atomic E-state index is 0.510. The normalized spacial score (nSPS) is 15.4. The maximum absolute atomic E-state index is 4.57. The molecular formula is C18H25N5. The van der Waals surface area contributed by atoms with E-state index in [0.29, 0.717) is 12.0 Å². The molecule has 0 unspecified atom stereocenters. The van der Waals surface area contributed by atoms with E-state index in [-0.39, 0.29) is 0 Å². The Kier molecular flexibility index (Phi) is 4.74. The highest BCUT2D eigenvalue weighted by Crippen LogP contribution is 2.25. The van der Waals surface area contributed by atoms with Crippen LogP contribution in [0.15, 0.2) is 18.3 Å². The maximum Gasteiger partial charge on any atom is 0.249 e. The summed E-state index contributed by atoms with van der Waals surface area (Å²) in [6.07, 6.45) is 8.06. The standard InChI is InChI=1S/C18H25N5/c1-12-9-13(2)17(14(3)10-12)22-18-21-16(11-19-23-18)20-15-7-5-4-6-8-15/h9-11,15H,4-8H2,1-3H3,(H2,20,21,22,23). The van der Waals surface area contributed by atoms with Gasteiger partial charge in [0.2, 0.25) is 5.95 Å². The lowest BCUT2D eigenvalue weighted by atomic mass is 9.96. The Hall–Kier alpha value is -2.17. The first-order valence-electron chi connectivity index (χ1n) is 8.43. The molecular weight excluding hydrogens is 286 g/mol. The summed E-state index contributed by atoms with van der Waals surface area (Å²) in [6.45, 7) is 6.30. The van der Waals surface area contributed by atoms with E-state index < -0.39 is 0 Å². The van der Waals surface area contributed by atoms with Crippen molar-refractivity contribution in [1.82, 2.24) is 15.2 Å². The van der Waals surface area contributed by atoms with Gasteiger partial charge in [0, 0.05) is 11.7 Å². The quantitative estimate of drug-likeness (QED) is 0.882. The van der Waals surface area contributed by atoms with E-state index in [1.54, 1.807) is 6.20 Å². The molecule has 0 spiro atoms. The summed E-state index contributed by atoms with van der Waals surface area (Å²) >= 11 is 0. The predicted octanol–water partition coefficient (Wildman–Crippen LogP) is 4.29. The van der Waals surface area contributed by atoms with Crippen LogP contribution in [0, 0.1) is 20.8 Å². The highest BCUT2D eigenvalue weighted by atomic mass is 15.3. The molecule has 0 radical (unpaired) electrons. The minimum Gasteiger partial charge on any atom is -0.366 e. The van der Waals surface area contributed by atoms with Crippen LogP contribution in [0.1, 0.15) is 48.8 Å². The molecule has 2 aromatic rings. The van der Waals surface area contributed by atoms with Crippen molar-refractivity contribution in [1.29, 1.82) is 0 Å². The molecule has 0 aliphatic heterocycles. The van der Waals surface area contributed by atoms with E-state index >= 15 is 0 Å². The van der Waals surface area contributed by atoms with Crippen LogP contribution in [0.3, 0.4) is 0 Å². The fraction of sp³-hybridized carbons (Fsp3) is 0.500. The van der Waals surface area contributed by atoms with Crippen molar-refractivity contribution >= 4 is 17.5 Å². The lowest BCUT2D eigenvalue weighted by Crippen LogP contribution is -2.23. The van der Waals surface area contributed by atoms with Gasteiger partial charge in [-0.25, -0.2) is 0 Å². The number of nitrogens with zero attached hydrogens (tertiary/aromatic N) is 3. The van der Waals surface area contributed by atoms with E-state index in [1.807, 2.05) is 0 Å². The van der Waals surface area contributed by atoms with Gasteiger partial charge in [-0.15, -0.1) is 5.10 Å². The van der Waals surface area contributed by atoms with Gasteiger partial charge in [0.1, 0.15) is 0 Å². The monoisotopic (exact) mass is 311 g/mol. The number of rotatable bonds is 4. The zero-order chi connectivity index (χ0) is 16.2. The molecule has 2 N–H and O–H groups in total. The van der Waals surface area contributed by atoms with Crippen molar-refractivity contribution in [2.45, 2.75) is 58.9 Å². The molecule has 1 fully saturated rings. The van der Waals surface area contributed by atoms with E-state index in [1.165, 1.54) is 48.8 Å². The smallest absolute Gasteiger partial charge is 0.249 e. The fourth-order valence-electron chi connectivity index (χ4n) is 3.37. The first kappa shape index (κ1) is 15.7. The third-order valence-electron chi connectivity index (χ3n) is 4.43. The van der Waals surface area contributed by atoms with Crippen LogP contribution >= 0.6 is 0 Å². The van der Waals surface area contributed by atoms with E-state index in [4.69, 9.17) is 0 Å². The number of benzene rings is 1. The number of hydrogen-bond acceptors (Lipinski definition) is 5. The minimum absolute atomic E-state index is 0.510. The number of aryl methyl sites for hydroxylation is 3. The van der Waals surface area contributed by atoms with E-state index in [9.17, 15) is 0 Å². The van der Waals surface area contributed by atoms with Gasteiger partial charge in [0.25, 0.3) is 0 Å². The summed E-state index contributed by atoms with van der Waals surface area (Å²) < 4.78 is 0. The Morgan fingerprint density at radius 2 is 1.70 bits per heavy atom. The third-order valence-corrected chi connectivity index (χ3v) is 4.43. The average molecular weight is 311 g/mol. The van der Waals surface area contributed by atoms with Crippen LogP contribution in [0.2, 0.25) is 0 Å². The first-order valence-corrected chi connectivity index (χ1v) is 8.43. The molecule has 1 aromatic heterocycles. The van der Waals surface area contributed by atoms with Gasteiger partial charge in [-0.1, -0.05) is 37.0 Å². The Bertz CT molecular complexity index is 654. The Balaban J connectivity index is 1.75. The topological polar surface area (TPSA) is 62.7 Å². The van der Waals surface area contributed by atoms with Gasteiger partial charge >= 0.3 is 0 Å². The largest absolute Gasteiger partial charge is 0.366 e. The molecule has 5 nitrogen and oxygen atoms in total. The van der Waals surface area contributed by atoms with Crippen molar-refractivity contribution < 1.29 is 0 Å². The molecule has 5 heteroatoms. The SMILES string of the molecule is Cc1cc(C)c(Nc2nncc(NC3CCCCC3)n2)c(C)c1. The molecule has 1 heterocycles. The summed E-state index contributed by atoms with van der Waals surface area (Å²) in [4.78, 5) is 4.57. The molecule has 0 atom stereocenters. The molecule has 0 saturated heterocycles. The second kappa shape index (κ2) is 6.94. The summed E-state index contributed by atoms with van der Waals surface area (Å²) in [5.74, 6) is 1.35. The zero-order valence-electron chi connectivity index (χ0n) is 14.2. The van der Waals surface area contributed by atoms with Crippen LogP contribution in [-0.4, -0.2) is 21.2 Å². The van der Waals surface area contributed by atoms with Crippen molar-refractivity contribution in [2.24, 2.45) is 0 Å². The molecule has 3 rings (SSSR count). The lowest BCUT2D eigenvalue weighted by Gasteiger charge is -2.23. The molecule has 1 aliphatic carbocycles. The summed E-state index contributed by atoms with van der Waals surface area (Å²) in [5.41, 5.74) is 4.71. The summed E-state index contributed by atoms with van der Waals surface area (Å²) in [6, 6.07) is 4.83. The highest BCUT2D eigenvalue weighted by Gasteiger charge is 2.14. The molecule has 122 valence electrons. The molecule has 1 aromatic carbocycles. The second-order valence-corrected chi connectivity index (χ2v) is 6.54. The average Bonchev–Trinajstić information content (AvgIpc) is 2.52. The van der Waals surface area contributed by atoms with Gasteiger partial charge in [-0.05, 0) is 44.7 Å². The lowest BCUT2D eigenvalue weighted by molar-refractivity contribution is 0.461. The molecule has 0 amide bonds. The van der Waals surface area contributed by atoms with Crippen LogP contribution in [0.4, 0.5) is 17.5 Å². The van der Waals surface area contributed by atoms with Gasteiger partial charge in [-0.3, -0.25) is 0 Å². The number of hydrogen-bond donors (Lipinski definition) is 2. The van der Waals surface area contributed by atoms with Gasteiger partial charge < -0.3 is 10.6 Å². The molecule has 0 bridgehead atoms. The molecule has 1 saturated carbocycles. The Morgan fingerprint density at radius 3 is 2.39 bits per heavy atom. The van der Waals surface area contributed by atoms with Crippen molar-refractivity contribution in [3.63, 3.8) is 0 Å². The summed E-state index contributed by atoms with van der Waals surface area (Å²) in [7, 11) is 0. The highest BCUT2D eigenvalue weighted by molar-refractivity contribution is 5.64. The van der Waals surface area contributed by atoms with E-state index in [0.717, 1.165) is 11.5 Å². The van der Waals surface area contributed by atoms with Gasteiger partial charge in [-0.2, -0.15) is 10.1 Å². The Labute approximate surface area is 137 Å². The van der Waals surface area contributed by atoms with Crippen molar-refractivity contribution in [3.8, 4) is 0 Å². The predicted molar refractivity (Wildman–Crippen MR) is 94.3 cm³/mol. The number of anilines is 3. The maximum atomic E-state index is 4.57. The number of aromatic nitrogens is 3. The Morgan fingerprint density at radius 1 is 1.00 bits per heavy atom. The van der Waals surface area contributed by atoms with E-state index in [2.05, 4.69) is 58.7 Å². The molecule has 23 heavy (non-hydrogen) atoms. The first-order chi connectivity index (χ1) is 11.1.